The standard InChI is InChI=1S/C33H32N8O/c1-3-30-36-31-20(2)17-24(12-15-29(42)23-7-6-16-34-19-23)35-33(31)41(30)28-14-11-22-18-21(10-13-26(22)28)25-8-4-5-9-27(25)32-37-39-40-38-32/h4-10,13,16-19,28-29,42H,3,11-12,14-15H2,1-2H3,(H,37,38,39,40)/t28-,29?/m0/s1. The molecule has 0 saturated carbocycles. The van der Waals surface area contributed by atoms with E-state index in [0.29, 0.717) is 18.7 Å². The number of tetrazole rings is 1. The third-order valence-electron chi connectivity index (χ3n) is 8.35. The lowest BCUT2D eigenvalue weighted by Crippen LogP contribution is -2.12. The van der Waals surface area contributed by atoms with Crippen molar-refractivity contribution in [2.75, 3.05) is 0 Å². The van der Waals surface area contributed by atoms with Crippen LogP contribution in [0.2, 0.25) is 0 Å². The van der Waals surface area contributed by atoms with E-state index < -0.39 is 6.10 Å². The summed E-state index contributed by atoms with van der Waals surface area (Å²) in [6.45, 7) is 4.27. The van der Waals surface area contributed by atoms with Gasteiger partial charge < -0.3 is 9.67 Å². The molecule has 9 heteroatoms. The number of aromatic nitrogens is 8. The summed E-state index contributed by atoms with van der Waals surface area (Å²) < 4.78 is 2.36. The Morgan fingerprint density at radius 3 is 2.71 bits per heavy atom. The average molecular weight is 557 g/mol. The van der Waals surface area contributed by atoms with Gasteiger partial charge in [0.05, 0.1) is 12.1 Å². The fourth-order valence-electron chi connectivity index (χ4n) is 6.29. The zero-order valence-electron chi connectivity index (χ0n) is 23.7. The van der Waals surface area contributed by atoms with E-state index in [4.69, 9.17) is 9.97 Å². The number of aliphatic hydroxyl groups is 1. The summed E-state index contributed by atoms with van der Waals surface area (Å²) in [5.41, 5.74) is 10.7. The fourth-order valence-corrected chi connectivity index (χ4v) is 6.29. The van der Waals surface area contributed by atoms with Crippen LogP contribution in [-0.4, -0.2) is 45.2 Å². The molecule has 0 spiro atoms. The minimum Gasteiger partial charge on any atom is -0.388 e. The van der Waals surface area contributed by atoms with Gasteiger partial charge >= 0.3 is 0 Å². The second kappa shape index (κ2) is 10.9. The number of imidazole rings is 1. The SMILES string of the molecule is CCc1nc2c(C)cc(CCC(O)c3cccnc3)nc2n1[C@H]1CCc2cc(-c3ccccc3-c3nn[nH]n3)ccc21. The molecule has 2 atom stereocenters. The quantitative estimate of drug-likeness (QED) is 0.245. The van der Waals surface area contributed by atoms with Gasteiger partial charge in [0.15, 0.2) is 5.65 Å². The molecule has 0 aliphatic heterocycles. The summed E-state index contributed by atoms with van der Waals surface area (Å²) in [7, 11) is 0. The number of aliphatic hydroxyl groups excluding tert-OH is 1. The lowest BCUT2D eigenvalue weighted by molar-refractivity contribution is 0.167. The summed E-state index contributed by atoms with van der Waals surface area (Å²) in [6, 6.07) is 21.0. The van der Waals surface area contributed by atoms with Crippen molar-refractivity contribution < 1.29 is 5.11 Å². The molecule has 1 unspecified atom stereocenters. The molecule has 42 heavy (non-hydrogen) atoms. The number of benzene rings is 2. The first-order valence-electron chi connectivity index (χ1n) is 14.5. The zero-order valence-corrected chi connectivity index (χ0v) is 23.7. The number of nitrogens with one attached hydrogen (secondary N) is 1. The molecule has 4 heterocycles. The maximum absolute atomic E-state index is 10.7. The van der Waals surface area contributed by atoms with Crippen molar-refractivity contribution in [2.45, 2.75) is 58.1 Å². The maximum Gasteiger partial charge on any atom is 0.205 e. The van der Waals surface area contributed by atoms with Crippen molar-refractivity contribution in [3.8, 4) is 22.5 Å². The first kappa shape index (κ1) is 26.2. The Labute approximate surface area is 243 Å². The Bertz CT molecular complexity index is 1860. The Balaban J connectivity index is 1.23. The van der Waals surface area contributed by atoms with Crippen LogP contribution in [0.4, 0.5) is 0 Å². The number of hydrogen-bond donors (Lipinski definition) is 2. The highest BCUT2D eigenvalue weighted by molar-refractivity contribution is 5.81. The smallest absolute Gasteiger partial charge is 0.205 e. The van der Waals surface area contributed by atoms with Crippen molar-refractivity contribution in [3.63, 3.8) is 0 Å². The van der Waals surface area contributed by atoms with Crippen molar-refractivity contribution in [2.24, 2.45) is 0 Å². The van der Waals surface area contributed by atoms with Gasteiger partial charge in [-0.25, -0.2) is 9.97 Å². The lowest BCUT2D eigenvalue weighted by Gasteiger charge is -2.18. The number of rotatable bonds is 8. The maximum atomic E-state index is 10.7. The number of pyridine rings is 2. The van der Waals surface area contributed by atoms with Crippen LogP contribution in [0.25, 0.3) is 33.7 Å². The minimum absolute atomic E-state index is 0.171. The van der Waals surface area contributed by atoms with E-state index in [1.807, 2.05) is 30.3 Å². The summed E-state index contributed by atoms with van der Waals surface area (Å²) in [4.78, 5) is 14.3. The molecule has 9 nitrogen and oxygen atoms in total. The molecule has 2 aromatic carbocycles. The highest BCUT2D eigenvalue weighted by Crippen LogP contribution is 2.40. The molecule has 1 aliphatic rings. The fraction of sp³-hybridized carbons (Fsp3) is 0.273. The highest BCUT2D eigenvalue weighted by atomic mass is 16.3. The summed E-state index contributed by atoms with van der Waals surface area (Å²) >= 11 is 0. The van der Waals surface area contributed by atoms with Crippen LogP contribution in [0.1, 0.15) is 65.7 Å². The number of H-pyrrole nitrogens is 1. The van der Waals surface area contributed by atoms with Crippen molar-refractivity contribution >= 4 is 11.2 Å². The molecule has 7 rings (SSSR count). The normalized spacial score (nSPS) is 15.3. The van der Waals surface area contributed by atoms with E-state index in [0.717, 1.165) is 69.8 Å². The van der Waals surface area contributed by atoms with Crippen LogP contribution in [0.15, 0.2) is 73.1 Å². The third-order valence-corrected chi connectivity index (χ3v) is 8.35. The van der Waals surface area contributed by atoms with Gasteiger partial charge in [0, 0.05) is 30.1 Å². The van der Waals surface area contributed by atoms with Crippen molar-refractivity contribution in [1.29, 1.82) is 0 Å². The topological polar surface area (TPSA) is 118 Å². The van der Waals surface area contributed by atoms with Gasteiger partial charge in [0.25, 0.3) is 0 Å². The number of aryl methyl sites for hydroxylation is 4. The second-order valence-corrected chi connectivity index (χ2v) is 10.9. The molecular weight excluding hydrogens is 524 g/mol. The van der Waals surface area contributed by atoms with Crippen LogP contribution < -0.4 is 0 Å². The molecular formula is C33H32N8O. The van der Waals surface area contributed by atoms with E-state index in [2.05, 4.69) is 74.4 Å². The summed E-state index contributed by atoms with van der Waals surface area (Å²) in [6.07, 6.45) is 6.93. The molecule has 6 aromatic rings. The van der Waals surface area contributed by atoms with Crippen LogP contribution in [-0.2, 0) is 19.3 Å². The zero-order chi connectivity index (χ0) is 28.6. The van der Waals surface area contributed by atoms with Gasteiger partial charge in [-0.15, -0.1) is 10.2 Å². The van der Waals surface area contributed by atoms with Gasteiger partial charge in [0.1, 0.15) is 11.3 Å². The lowest BCUT2D eigenvalue weighted by atomic mass is 9.96. The molecule has 1 aliphatic carbocycles. The summed E-state index contributed by atoms with van der Waals surface area (Å²) in [5.74, 6) is 1.64. The molecule has 0 radical (unpaired) electrons. The van der Waals surface area contributed by atoms with Crippen LogP contribution in [0.3, 0.4) is 0 Å². The predicted molar refractivity (Wildman–Crippen MR) is 161 cm³/mol. The monoisotopic (exact) mass is 556 g/mol. The van der Waals surface area contributed by atoms with Crippen LogP contribution >= 0.6 is 0 Å². The van der Waals surface area contributed by atoms with Crippen molar-refractivity contribution in [3.05, 3.63) is 107 Å². The third kappa shape index (κ3) is 4.65. The number of fused-ring (bicyclic) bond motifs is 2. The van der Waals surface area contributed by atoms with E-state index >= 15 is 0 Å². The van der Waals surface area contributed by atoms with E-state index in [1.165, 1.54) is 11.1 Å². The van der Waals surface area contributed by atoms with Gasteiger partial charge in [-0.1, -0.05) is 55.5 Å². The Hall–Kier alpha value is -4.76. The van der Waals surface area contributed by atoms with E-state index in [9.17, 15) is 5.11 Å². The molecule has 210 valence electrons. The summed E-state index contributed by atoms with van der Waals surface area (Å²) in [5, 5.41) is 25.5. The van der Waals surface area contributed by atoms with E-state index in [1.54, 1.807) is 12.4 Å². The van der Waals surface area contributed by atoms with Crippen LogP contribution in [0, 0.1) is 6.92 Å². The molecule has 0 fully saturated rings. The molecule has 0 bridgehead atoms. The average Bonchev–Trinajstić information content (AvgIpc) is 3.79. The highest BCUT2D eigenvalue weighted by Gasteiger charge is 2.29. The minimum atomic E-state index is -0.575. The Morgan fingerprint density at radius 1 is 1.05 bits per heavy atom. The van der Waals surface area contributed by atoms with Gasteiger partial charge in [0.2, 0.25) is 5.82 Å². The van der Waals surface area contributed by atoms with Gasteiger partial charge in [-0.3, -0.25) is 4.98 Å². The van der Waals surface area contributed by atoms with Crippen molar-refractivity contribution in [1.82, 2.24) is 40.1 Å². The first-order chi connectivity index (χ1) is 20.6. The number of hydrogen-bond acceptors (Lipinski definition) is 7. The molecule has 2 N–H and O–H groups in total. The van der Waals surface area contributed by atoms with Gasteiger partial charge in [-0.05, 0) is 83.3 Å². The van der Waals surface area contributed by atoms with E-state index in [-0.39, 0.29) is 6.04 Å². The largest absolute Gasteiger partial charge is 0.388 e. The number of aromatic amines is 1. The Morgan fingerprint density at radius 2 is 1.93 bits per heavy atom. The molecule has 0 saturated heterocycles. The predicted octanol–water partition coefficient (Wildman–Crippen LogP) is 5.75. The number of nitrogens with zero attached hydrogens (tertiary/aromatic N) is 7. The first-order valence-corrected chi connectivity index (χ1v) is 14.5. The molecule has 0 amide bonds. The second-order valence-electron chi connectivity index (χ2n) is 10.9. The molecule has 4 aromatic heterocycles. The Kier molecular flexibility index (Phi) is 6.79. The van der Waals surface area contributed by atoms with Crippen LogP contribution in [0.5, 0.6) is 0 Å². The van der Waals surface area contributed by atoms with Gasteiger partial charge in [-0.2, -0.15) is 5.21 Å².